The number of pyridine rings is 2. The van der Waals surface area contributed by atoms with Crippen LogP contribution in [0.3, 0.4) is 0 Å². The highest BCUT2D eigenvalue weighted by Crippen LogP contribution is 2.33. The minimum atomic E-state index is -0.417. The molecule has 5 nitrogen and oxygen atoms in total. The standard InChI is InChI=1S/C27H26N4O/c28-27(32)21-9-7-20(8-10-21)24-13-11-23(17-30-24)26-5-1-2-15-31(26)18-19-6-12-25-22(16-19)4-3-14-29-25/h3-4,6-14,16-17,26H,1-2,5,15,18H2,(H2,28,32)/t26-/m0/s1. The van der Waals surface area contributed by atoms with Gasteiger partial charge in [0, 0.05) is 41.5 Å². The van der Waals surface area contributed by atoms with Crippen molar-refractivity contribution in [2.24, 2.45) is 5.73 Å². The average Bonchev–Trinajstić information content (AvgIpc) is 2.84. The third kappa shape index (κ3) is 4.25. The highest BCUT2D eigenvalue weighted by molar-refractivity contribution is 5.93. The minimum absolute atomic E-state index is 0.368. The molecule has 1 saturated heterocycles. The third-order valence-corrected chi connectivity index (χ3v) is 6.30. The fourth-order valence-electron chi connectivity index (χ4n) is 4.59. The number of hydrogen-bond donors (Lipinski definition) is 1. The fraction of sp³-hybridized carbons (Fsp3) is 0.222. The topological polar surface area (TPSA) is 72.1 Å². The van der Waals surface area contributed by atoms with E-state index in [0.717, 1.165) is 36.3 Å². The second kappa shape index (κ2) is 8.89. The van der Waals surface area contributed by atoms with Crippen molar-refractivity contribution in [1.29, 1.82) is 0 Å². The smallest absolute Gasteiger partial charge is 0.248 e. The predicted octanol–water partition coefficient (Wildman–Crippen LogP) is 5.12. The Kier molecular flexibility index (Phi) is 5.65. The lowest BCUT2D eigenvalue weighted by Gasteiger charge is -2.36. The number of piperidine rings is 1. The van der Waals surface area contributed by atoms with Gasteiger partial charge in [-0.2, -0.15) is 0 Å². The van der Waals surface area contributed by atoms with E-state index in [-0.39, 0.29) is 0 Å². The van der Waals surface area contributed by atoms with E-state index in [9.17, 15) is 4.79 Å². The van der Waals surface area contributed by atoms with Crippen molar-refractivity contribution in [2.45, 2.75) is 31.8 Å². The van der Waals surface area contributed by atoms with Crippen LogP contribution in [0, 0.1) is 0 Å². The average molecular weight is 423 g/mol. The summed E-state index contributed by atoms with van der Waals surface area (Å²) in [6.45, 7) is 2.01. The molecular formula is C27H26N4O. The molecule has 0 saturated carbocycles. The summed E-state index contributed by atoms with van der Waals surface area (Å²) in [5, 5.41) is 1.19. The Balaban J connectivity index is 1.35. The SMILES string of the molecule is NC(=O)c1ccc(-c2ccc([C@@H]3CCCCN3Cc3ccc4ncccc4c3)cn2)cc1. The first-order valence-electron chi connectivity index (χ1n) is 11.1. The van der Waals surface area contributed by atoms with Crippen LogP contribution in [0.15, 0.2) is 79.1 Å². The molecule has 1 fully saturated rings. The van der Waals surface area contributed by atoms with E-state index in [1.165, 1.54) is 29.4 Å². The number of benzene rings is 2. The molecular weight excluding hydrogens is 396 g/mol. The van der Waals surface area contributed by atoms with E-state index in [1.54, 1.807) is 12.1 Å². The van der Waals surface area contributed by atoms with Gasteiger partial charge in [0.15, 0.2) is 0 Å². The van der Waals surface area contributed by atoms with Crippen LogP contribution >= 0.6 is 0 Å². The van der Waals surface area contributed by atoms with E-state index < -0.39 is 5.91 Å². The zero-order chi connectivity index (χ0) is 21.9. The molecule has 4 aromatic rings. The van der Waals surface area contributed by atoms with Gasteiger partial charge in [-0.3, -0.25) is 19.7 Å². The Morgan fingerprint density at radius 1 is 1.00 bits per heavy atom. The first kappa shape index (κ1) is 20.3. The summed E-state index contributed by atoms with van der Waals surface area (Å²) in [5.41, 5.74) is 11.3. The molecule has 0 spiro atoms. The van der Waals surface area contributed by atoms with Gasteiger partial charge in [-0.1, -0.05) is 36.8 Å². The van der Waals surface area contributed by atoms with E-state index in [1.807, 2.05) is 30.6 Å². The van der Waals surface area contributed by atoms with Gasteiger partial charge in [-0.15, -0.1) is 0 Å². The first-order chi connectivity index (χ1) is 15.7. The molecule has 1 aliphatic rings. The van der Waals surface area contributed by atoms with Crippen LogP contribution < -0.4 is 5.73 Å². The van der Waals surface area contributed by atoms with Crippen molar-refractivity contribution in [3.8, 4) is 11.3 Å². The van der Waals surface area contributed by atoms with Gasteiger partial charge < -0.3 is 5.73 Å². The van der Waals surface area contributed by atoms with Crippen molar-refractivity contribution in [1.82, 2.24) is 14.9 Å². The summed E-state index contributed by atoms with van der Waals surface area (Å²) >= 11 is 0. The maximum absolute atomic E-state index is 11.3. The number of carbonyl (C=O) groups is 1. The molecule has 32 heavy (non-hydrogen) atoms. The minimum Gasteiger partial charge on any atom is -0.366 e. The van der Waals surface area contributed by atoms with Crippen LogP contribution in [-0.2, 0) is 6.54 Å². The zero-order valence-corrected chi connectivity index (χ0v) is 17.9. The molecule has 5 heteroatoms. The largest absolute Gasteiger partial charge is 0.366 e. The second-order valence-electron chi connectivity index (χ2n) is 8.43. The number of carbonyl (C=O) groups excluding carboxylic acids is 1. The molecule has 0 aliphatic carbocycles. The molecule has 160 valence electrons. The molecule has 2 aromatic heterocycles. The number of fused-ring (bicyclic) bond motifs is 1. The highest BCUT2D eigenvalue weighted by Gasteiger charge is 2.24. The van der Waals surface area contributed by atoms with Gasteiger partial charge in [0.2, 0.25) is 5.91 Å². The summed E-state index contributed by atoms with van der Waals surface area (Å²) in [5.74, 6) is -0.417. The third-order valence-electron chi connectivity index (χ3n) is 6.30. The number of aromatic nitrogens is 2. The molecule has 2 N–H and O–H groups in total. The molecule has 0 radical (unpaired) electrons. The van der Waals surface area contributed by atoms with E-state index in [4.69, 9.17) is 10.7 Å². The van der Waals surface area contributed by atoms with Crippen LogP contribution in [0.2, 0.25) is 0 Å². The summed E-state index contributed by atoms with van der Waals surface area (Å²) in [6.07, 6.45) is 7.45. The van der Waals surface area contributed by atoms with Crippen molar-refractivity contribution >= 4 is 16.8 Å². The number of nitrogens with zero attached hydrogens (tertiary/aromatic N) is 3. The second-order valence-corrected chi connectivity index (χ2v) is 8.43. The Bertz CT molecular complexity index is 1230. The van der Waals surface area contributed by atoms with Crippen LogP contribution in [-0.4, -0.2) is 27.3 Å². The predicted molar refractivity (Wildman–Crippen MR) is 127 cm³/mol. The van der Waals surface area contributed by atoms with Gasteiger partial charge in [-0.05, 0) is 66.9 Å². The molecule has 2 aromatic carbocycles. The van der Waals surface area contributed by atoms with Crippen molar-refractivity contribution in [3.63, 3.8) is 0 Å². The summed E-state index contributed by atoms with van der Waals surface area (Å²) in [6, 6.07) is 22.6. The lowest BCUT2D eigenvalue weighted by atomic mass is 9.95. The Morgan fingerprint density at radius 2 is 1.88 bits per heavy atom. The Hall–Kier alpha value is -3.57. The first-order valence-corrected chi connectivity index (χ1v) is 11.1. The van der Waals surface area contributed by atoms with Gasteiger partial charge in [0.1, 0.15) is 0 Å². The molecule has 0 bridgehead atoms. The quantitative estimate of drug-likeness (QED) is 0.484. The summed E-state index contributed by atoms with van der Waals surface area (Å²) in [4.78, 5) is 23.0. The zero-order valence-electron chi connectivity index (χ0n) is 17.9. The normalized spacial score (nSPS) is 16.8. The number of primary amides is 1. The van der Waals surface area contributed by atoms with Crippen molar-refractivity contribution in [2.75, 3.05) is 6.54 Å². The van der Waals surface area contributed by atoms with E-state index >= 15 is 0 Å². The van der Waals surface area contributed by atoms with E-state index in [0.29, 0.717) is 11.6 Å². The van der Waals surface area contributed by atoms with Crippen molar-refractivity contribution < 1.29 is 4.79 Å². The summed E-state index contributed by atoms with van der Waals surface area (Å²) in [7, 11) is 0. The Morgan fingerprint density at radius 3 is 2.66 bits per heavy atom. The molecule has 0 unspecified atom stereocenters. The molecule has 1 aliphatic heterocycles. The summed E-state index contributed by atoms with van der Waals surface area (Å²) < 4.78 is 0. The van der Waals surface area contributed by atoms with Crippen LogP contribution in [0.4, 0.5) is 0 Å². The number of likely N-dealkylation sites (tertiary alicyclic amines) is 1. The van der Waals surface area contributed by atoms with Gasteiger partial charge in [-0.25, -0.2) is 0 Å². The monoisotopic (exact) mass is 422 g/mol. The molecule has 1 atom stereocenters. The van der Waals surface area contributed by atoms with Crippen LogP contribution in [0.25, 0.3) is 22.2 Å². The van der Waals surface area contributed by atoms with Crippen molar-refractivity contribution in [3.05, 3.63) is 95.8 Å². The van der Waals surface area contributed by atoms with Crippen LogP contribution in [0.5, 0.6) is 0 Å². The number of amides is 1. The fourth-order valence-corrected chi connectivity index (χ4v) is 4.59. The number of rotatable bonds is 5. The van der Waals surface area contributed by atoms with Crippen LogP contribution in [0.1, 0.15) is 46.8 Å². The lowest BCUT2D eigenvalue weighted by Crippen LogP contribution is -2.33. The van der Waals surface area contributed by atoms with Gasteiger partial charge >= 0.3 is 0 Å². The molecule has 3 heterocycles. The van der Waals surface area contributed by atoms with E-state index in [2.05, 4.69) is 46.3 Å². The lowest BCUT2D eigenvalue weighted by molar-refractivity contribution is 0.100. The number of hydrogen-bond acceptors (Lipinski definition) is 4. The maximum Gasteiger partial charge on any atom is 0.248 e. The van der Waals surface area contributed by atoms with Gasteiger partial charge in [0.05, 0.1) is 11.2 Å². The van der Waals surface area contributed by atoms with Gasteiger partial charge in [0.25, 0.3) is 0 Å². The highest BCUT2D eigenvalue weighted by atomic mass is 16.1. The Labute approximate surface area is 187 Å². The number of nitrogens with two attached hydrogens (primary N) is 1. The molecule has 5 rings (SSSR count). The maximum atomic E-state index is 11.3. The molecule has 1 amide bonds.